The van der Waals surface area contributed by atoms with E-state index in [1.807, 2.05) is 0 Å². The van der Waals surface area contributed by atoms with Gasteiger partial charge in [0.2, 0.25) is 7.41 Å². The highest BCUT2D eigenvalue weighted by Gasteiger charge is 2.30. The molecule has 0 amide bonds. The van der Waals surface area contributed by atoms with Crippen LogP contribution in [0, 0.1) is 0 Å². The quantitative estimate of drug-likeness (QED) is 0.729. The predicted molar refractivity (Wildman–Crippen MR) is 63.9 cm³/mol. The Hall–Kier alpha value is -0.955. The van der Waals surface area contributed by atoms with Crippen LogP contribution in [0.3, 0.4) is 0 Å². The van der Waals surface area contributed by atoms with Gasteiger partial charge in [-0.15, -0.1) is 0 Å². The van der Waals surface area contributed by atoms with Crippen LogP contribution in [0.1, 0.15) is 31.4 Å². The number of ether oxygens (including phenoxy) is 1. The van der Waals surface area contributed by atoms with E-state index >= 15 is 0 Å². The first kappa shape index (κ1) is 10.6. The van der Waals surface area contributed by atoms with Crippen molar-refractivity contribution in [2.45, 2.75) is 32.1 Å². The number of hydrogen-bond donors (Lipinski definition) is 1. The fraction of sp³-hybridized carbons (Fsp3) is 0.500. The van der Waals surface area contributed by atoms with E-state index in [0.29, 0.717) is 0 Å². The molecule has 3 heteroatoms. The van der Waals surface area contributed by atoms with E-state index in [2.05, 4.69) is 26.0 Å². The Labute approximate surface area is 92.1 Å². The molecule has 1 radical (unpaired) electrons. The first-order chi connectivity index (χ1) is 7.08. The molecular formula is C12H17BNO. The van der Waals surface area contributed by atoms with Crippen LogP contribution in [0.2, 0.25) is 0 Å². The van der Waals surface area contributed by atoms with Crippen molar-refractivity contribution < 1.29 is 4.74 Å². The monoisotopic (exact) mass is 202 g/mol. The Morgan fingerprint density at radius 2 is 2.13 bits per heavy atom. The van der Waals surface area contributed by atoms with Crippen LogP contribution in [-0.2, 0) is 11.8 Å². The summed E-state index contributed by atoms with van der Waals surface area (Å²) in [7, 11) is 3.31. The zero-order chi connectivity index (χ0) is 11.1. The lowest BCUT2D eigenvalue weighted by molar-refractivity contribution is 0.417. The summed E-state index contributed by atoms with van der Waals surface area (Å²) in [6, 6.07) is 4.30. The minimum atomic E-state index is 0.277. The van der Waals surface area contributed by atoms with Gasteiger partial charge in [-0.2, -0.15) is 0 Å². The smallest absolute Gasteiger partial charge is 0.246 e. The molecule has 0 aliphatic heterocycles. The Bertz CT molecular complexity index is 387. The molecule has 15 heavy (non-hydrogen) atoms. The van der Waals surface area contributed by atoms with Crippen LogP contribution in [-0.4, -0.2) is 14.5 Å². The maximum Gasteiger partial charge on any atom is 0.246 e. The van der Waals surface area contributed by atoms with Crippen LogP contribution in [0.5, 0.6) is 5.75 Å². The van der Waals surface area contributed by atoms with Gasteiger partial charge in [-0.05, 0) is 40.9 Å². The highest BCUT2D eigenvalue weighted by molar-refractivity contribution is 6.51. The summed E-state index contributed by atoms with van der Waals surface area (Å²) in [5.74, 6) is 0.883. The fourth-order valence-corrected chi connectivity index (χ4v) is 2.36. The van der Waals surface area contributed by atoms with E-state index in [0.717, 1.165) is 17.6 Å². The number of benzene rings is 1. The van der Waals surface area contributed by atoms with Crippen molar-refractivity contribution in [3.05, 3.63) is 23.3 Å². The Kier molecular flexibility index (Phi) is 2.51. The molecule has 0 spiro atoms. The molecule has 0 fully saturated rings. The van der Waals surface area contributed by atoms with Crippen molar-refractivity contribution in [3.8, 4) is 5.75 Å². The number of methoxy groups -OCH3 is 1. The lowest BCUT2D eigenvalue weighted by atomic mass is 9.78. The van der Waals surface area contributed by atoms with Gasteiger partial charge < -0.3 is 10.4 Å². The van der Waals surface area contributed by atoms with Crippen molar-refractivity contribution in [1.82, 2.24) is 0 Å². The normalized spacial score (nSPS) is 17.3. The number of nitrogens with two attached hydrogens (primary N) is 1. The fourth-order valence-electron chi connectivity index (χ4n) is 2.36. The van der Waals surface area contributed by atoms with Gasteiger partial charge in [-0.25, -0.2) is 0 Å². The topological polar surface area (TPSA) is 35.2 Å². The first-order valence-electron chi connectivity index (χ1n) is 5.35. The molecular weight excluding hydrogens is 185 g/mol. The third-order valence-corrected chi connectivity index (χ3v) is 3.38. The number of rotatable bonds is 2. The van der Waals surface area contributed by atoms with E-state index in [1.54, 1.807) is 14.5 Å². The van der Waals surface area contributed by atoms with Crippen LogP contribution >= 0.6 is 0 Å². The van der Waals surface area contributed by atoms with Crippen molar-refractivity contribution in [3.63, 3.8) is 0 Å². The first-order valence-corrected chi connectivity index (χ1v) is 5.35. The minimum Gasteiger partial charge on any atom is -0.497 e. The average molecular weight is 202 g/mol. The summed E-state index contributed by atoms with van der Waals surface area (Å²) >= 11 is 0. The zero-order valence-electron chi connectivity index (χ0n) is 9.63. The summed E-state index contributed by atoms with van der Waals surface area (Å²) in [4.78, 5) is 0. The Balaban J connectivity index is 2.54. The van der Waals surface area contributed by atoms with Crippen molar-refractivity contribution in [1.29, 1.82) is 0 Å². The zero-order valence-corrected chi connectivity index (χ0v) is 9.63. The molecule has 2 N–H and O–H groups in total. The largest absolute Gasteiger partial charge is 0.497 e. The Morgan fingerprint density at radius 1 is 1.40 bits per heavy atom. The van der Waals surface area contributed by atoms with E-state index in [-0.39, 0.29) is 5.41 Å². The highest BCUT2D eigenvalue weighted by Crippen LogP contribution is 2.38. The second-order valence-electron chi connectivity index (χ2n) is 4.80. The van der Waals surface area contributed by atoms with Crippen LogP contribution in [0.15, 0.2) is 12.1 Å². The van der Waals surface area contributed by atoms with Crippen LogP contribution < -0.4 is 15.8 Å². The van der Waals surface area contributed by atoms with Gasteiger partial charge in [0, 0.05) is 0 Å². The lowest BCUT2D eigenvalue weighted by Gasteiger charge is -2.20. The summed E-state index contributed by atoms with van der Waals surface area (Å²) in [5, 5.41) is 0. The molecule has 79 valence electrons. The standard InChI is InChI=1S/C12H17BNO/c1-12(2)5-4-8-6-11(15-3)10(13-14)7-9(8)12/h6-7H,4-5,14H2,1-3H3. The molecule has 0 heterocycles. The van der Waals surface area contributed by atoms with Crippen molar-refractivity contribution in [2.24, 2.45) is 5.64 Å². The molecule has 0 unspecified atom stereocenters. The van der Waals surface area contributed by atoms with E-state index in [1.165, 1.54) is 17.5 Å². The summed E-state index contributed by atoms with van der Waals surface area (Å²) in [5.41, 5.74) is 9.69. The SMILES string of the molecule is COc1cc2c(cc1[B]N)C(C)(C)CC2. The molecule has 0 atom stereocenters. The molecule has 1 aliphatic carbocycles. The highest BCUT2D eigenvalue weighted by atomic mass is 16.5. The molecule has 2 rings (SSSR count). The molecule has 1 aromatic carbocycles. The van der Waals surface area contributed by atoms with Crippen LogP contribution in [0.25, 0.3) is 0 Å². The number of hydrogen-bond acceptors (Lipinski definition) is 2. The molecule has 0 saturated carbocycles. The van der Waals surface area contributed by atoms with E-state index < -0.39 is 0 Å². The predicted octanol–water partition coefficient (Wildman–Crippen LogP) is 1.12. The third-order valence-electron chi connectivity index (χ3n) is 3.38. The Morgan fingerprint density at radius 3 is 2.73 bits per heavy atom. The molecule has 1 aliphatic rings. The second kappa shape index (κ2) is 3.56. The molecule has 0 saturated heterocycles. The van der Waals surface area contributed by atoms with Gasteiger partial charge in [-0.1, -0.05) is 19.9 Å². The van der Waals surface area contributed by atoms with E-state index in [4.69, 9.17) is 10.4 Å². The molecule has 1 aromatic rings. The maximum atomic E-state index is 5.60. The summed E-state index contributed by atoms with van der Waals surface area (Å²) in [6.45, 7) is 4.57. The summed E-state index contributed by atoms with van der Waals surface area (Å²) in [6.07, 6.45) is 2.35. The average Bonchev–Trinajstić information content (AvgIpc) is 2.52. The van der Waals surface area contributed by atoms with Gasteiger partial charge >= 0.3 is 0 Å². The van der Waals surface area contributed by atoms with Gasteiger partial charge in [0.15, 0.2) is 0 Å². The second-order valence-corrected chi connectivity index (χ2v) is 4.80. The van der Waals surface area contributed by atoms with Gasteiger partial charge in [0.25, 0.3) is 0 Å². The molecule has 0 aromatic heterocycles. The lowest BCUT2D eigenvalue weighted by Crippen LogP contribution is -2.26. The van der Waals surface area contributed by atoms with Crippen molar-refractivity contribution >= 4 is 12.9 Å². The number of aryl methyl sites for hydroxylation is 1. The van der Waals surface area contributed by atoms with Gasteiger partial charge in [-0.3, -0.25) is 0 Å². The molecule has 2 nitrogen and oxygen atoms in total. The molecule has 0 bridgehead atoms. The third kappa shape index (κ3) is 1.65. The minimum absolute atomic E-state index is 0.277. The van der Waals surface area contributed by atoms with Gasteiger partial charge in [0.05, 0.1) is 7.11 Å². The summed E-state index contributed by atoms with van der Waals surface area (Å²) < 4.78 is 5.32. The maximum absolute atomic E-state index is 5.60. The number of fused-ring (bicyclic) bond motifs is 1. The van der Waals surface area contributed by atoms with Crippen molar-refractivity contribution in [2.75, 3.05) is 7.11 Å². The van der Waals surface area contributed by atoms with Gasteiger partial charge in [0.1, 0.15) is 5.75 Å². The van der Waals surface area contributed by atoms with Crippen LogP contribution in [0.4, 0.5) is 0 Å². The van der Waals surface area contributed by atoms with E-state index in [9.17, 15) is 0 Å².